The molecule has 2 aromatic carbocycles. The van der Waals surface area contributed by atoms with E-state index in [2.05, 4.69) is 4.98 Å². The van der Waals surface area contributed by atoms with E-state index in [-0.39, 0.29) is 11.4 Å². The van der Waals surface area contributed by atoms with Gasteiger partial charge in [0.15, 0.2) is 0 Å². The number of hydrogen-bond donors (Lipinski definition) is 0. The van der Waals surface area contributed by atoms with E-state index < -0.39 is 0 Å². The van der Waals surface area contributed by atoms with E-state index in [1.54, 1.807) is 50.6 Å². The predicted molar refractivity (Wildman–Crippen MR) is 88.8 cm³/mol. The lowest BCUT2D eigenvalue weighted by Crippen LogP contribution is -2.06. The van der Waals surface area contributed by atoms with Crippen LogP contribution < -0.4 is 15.0 Å². The summed E-state index contributed by atoms with van der Waals surface area (Å²) in [6.07, 6.45) is 3.41. The van der Waals surface area contributed by atoms with Gasteiger partial charge in [-0.05, 0) is 30.3 Å². The molecule has 0 atom stereocenters. The zero-order valence-electron chi connectivity index (χ0n) is 12.8. The number of rotatable bonds is 4. The highest BCUT2D eigenvalue weighted by molar-refractivity contribution is 5.77. The number of hydrogen-bond acceptors (Lipinski definition) is 5. The van der Waals surface area contributed by atoms with Crippen molar-refractivity contribution in [3.8, 4) is 11.5 Å². The summed E-state index contributed by atoms with van der Waals surface area (Å²) in [5.74, 6) is 1.60. The second-order valence-corrected chi connectivity index (χ2v) is 4.79. The molecule has 5 heteroatoms. The second kappa shape index (κ2) is 6.36. The third-order valence-corrected chi connectivity index (χ3v) is 3.39. The van der Waals surface area contributed by atoms with Crippen LogP contribution in [0.3, 0.4) is 0 Å². The molecule has 23 heavy (non-hydrogen) atoms. The highest BCUT2D eigenvalue weighted by Crippen LogP contribution is 2.26. The van der Waals surface area contributed by atoms with Crippen molar-refractivity contribution in [3.05, 3.63) is 64.3 Å². The maximum absolute atomic E-state index is 12.0. The maximum atomic E-state index is 12.0. The Balaban J connectivity index is 1.98. The van der Waals surface area contributed by atoms with Crippen molar-refractivity contribution in [2.24, 2.45) is 0 Å². The Kier molecular flexibility index (Phi) is 4.10. The molecule has 0 aliphatic carbocycles. The minimum Gasteiger partial charge on any atom is -0.497 e. The van der Waals surface area contributed by atoms with Crippen LogP contribution in [-0.2, 0) is 0 Å². The molecule has 0 N–H and O–H groups in total. The summed E-state index contributed by atoms with van der Waals surface area (Å²) < 4.78 is 16.1. The van der Waals surface area contributed by atoms with Gasteiger partial charge in [0.05, 0.1) is 19.6 Å². The molecule has 0 unspecified atom stereocenters. The van der Waals surface area contributed by atoms with E-state index in [0.717, 1.165) is 5.56 Å². The van der Waals surface area contributed by atoms with Gasteiger partial charge < -0.3 is 13.9 Å². The SMILES string of the molecule is COc1ccc(C=Cc2nc(=O)c3ccccc3o2)c(OC)c1. The molecular weight excluding hydrogens is 294 g/mol. The van der Waals surface area contributed by atoms with E-state index in [1.807, 2.05) is 18.2 Å². The van der Waals surface area contributed by atoms with Gasteiger partial charge in [-0.25, -0.2) is 0 Å². The lowest BCUT2D eigenvalue weighted by Gasteiger charge is -2.07. The van der Waals surface area contributed by atoms with E-state index in [9.17, 15) is 4.79 Å². The van der Waals surface area contributed by atoms with Crippen LogP contribution >= 0.6 is 0 Å². The van der Waals surface area contributed by atoms with Crippen LogP contribution in [0.2, 0.25) is 0 Å². The zero-order valence-corrected chi connectivity index (χ0v) is 12.8. The van der Waals surface area contributed by atoms with E-state index in [1.165, 1.54) is 0 Å². The van der Waals surface area contributed by atoms with Crippen molar-refractivity contribution in [2.45, 2.75) is 0 Å². The summed E-state index contributed by atoms with van der Waals surface area (Å²) >= 11 is 0. The van der Waals surface area contributed by atoms with Gasteiger partial charge in [-0.15, -0.1) is 0 Å². The molecule has 3 rings (SSSR count). The Labute approximate surface area is 132 Å². The van der Waals surface area contributed by atoms with Gasteiger partial charge in [0.2, 0.25) is 5.89 Å². The fourth-order valence-electron chi connectivity index (χ4n) is 2.22. The smallest absolute Gasteiger partial charge is 0.284 e. The fraction of sp³-hybridized carbons (Fsp3) is 0.111. The van der Waals surface area contributed by atoms with Crippen LogP contribution in [0.4, 0.5) is 0 Å². The molecule has 0 aliphatic rings. The second-order valence-electron chi connectivity index (χ2n) is 4.79. The molecule has 0 saturated heterocycles. The van der Waals surface area contributed by atoms with Crippen LogP contribution in [0, 0.1) is 0 Å². The van der Waals surface area contributed by atoms with E-state index in [4.69, 9.17) is 13.9 Å². The fourth-order valence-corrected chi connectivity index (χ4v) is 2.22. The summed E-state index contributed by atoms with van der Waals surface area (Å²) in [5.41, 5.74) is 1.02. The van der Waals surface area contributed by atoms with E-state index >= 15 is 0 Å². The molecular formula is C18H15NO4. The lowest BCUT2D eigenvalue weighted by atomic mass is 10.1. The average molecular weight is 309 g/mol. The molecule has 5 nitrogen and oxygen atoms in total. The largest absolute Gasteiger partial charge is 0.497 e. The van der Waals surface area contributed by atoms with Crippen molar-refractivity contribution in [3.63, 3.8) is 0 Å². The number of nitrogens with zero attached hydrogens (tertiary/aromatic N) is 1. The summed E-state index contributed by atoms with van der Waals surface area (Å²) in [6, 6.07) is 12.5. The standard InChI is InChI=1S/C18H15NO4/c1-21-13-9-7-12(16(11-13)22-2)8-10-17-19-18(20)14-5-3-4-6-15(14)23-17/h3-11H,1-2H3. The first kappa shape index (κ1) is 14.8. The maximum Gasteiger partial charge on any atom is 0.284 e. The normalized spacial score (nSPS) is 11.0. The summed E-state index contributed by atoms with van der Waals surface area (Å²) in [7, 11) is 3.18. The first-order valence-electron chi connectivity index (χ1n) is 7.01. The minimum atomic E-state index is -0.312. The van der Waals surface area contributed by atoms with Crippen molar-refractivity contribution in [2.75, 3.05) is 14.2 Å². The lowest BCUT2D eigenvalue weighted by molar-refractivity contribution is 0.394. The molecule has 1 heterocycles. The van der Waals surface area contributed by atoms with Crippen LogP contribution in [-0.4, -0.2) is 19.2 Å². The van der Waals surface area contributed by atoms with Crippen molar-refractivity contribution < 1.29 is 13.9 Å². The molecule has 1 aromatic heterocycles. The Hall–Kier alpha value is -3.08. The van der Waals surface area contributed by atoms with E-state index in [0.29, 0.717) is 22.5 Å². The Morgan fingerprint density at radius 2 is 1.87 bits per heavy atom. The molecule has 0 spiro atoms. The highest BCUT2D eigenvalue weighted by atomic mass is 16.5. The van der Waals surface area contributed by atoms with Gasteiger partial charge in [0.25, 0.3) is 5.56 Å². The molecule has 3 aromatic rings. The molecule has 0 amide bonds. The molecule has 0 bridgehead atoms. The number of benzene rings is 2. The van der Waals surface area contributed by atoms with Crippen LogP contribution in [0.1, 0.15) is 11.5 Å². The van der Waals surface area contributed by atoms with Gasteiger partial charge in [-0.1, -0.05) is 12.1 Å². The first-order chi connectivity index (χ1) is 11.2. The molecule has 116 valence electrons. The molecule has 0 fully saturated rings. The number of methoxy groups -OCH3 is 2. The predicted octanol–water partition coefficient (Wildman–Crippen LogP) is 3.38. The monoisotopic (exact) mass is 309 g/mol. The van der Waals surface area contributed by atoms with Crippen molar-refractivity contribution in [1.82, 2.24) is 4.98 Å². The van der Waals surface area contributed by atoms with Crippen LogP contribution in [0.15, 0.2) is 51.7 Å². The Bertz CT molecular complexity index is 928. The topological polar surface area (TPSA) is 61.6 Å². The zero-order chi connectivity index (χ0) is 16.2. The van der Waals surface area contributed by atoms with Crippen molar-refractivity contribution >= 4 is 23.1 Å². The van der Waals surface area contributed by atoms with Gasteiger partial charge >= 0.3 is 0 Å². The third-order valence-electron chi connectivity index (χ3n) is 3.39. The summed E-state index contributed by atoms with van der Waals surface area (Å²) in [6.45, 7) is 0. The Morgan fingerprint density at radius 1 is 1.04 bits per heavy atom. The molecule has 0 saturated carbocycles. The quantitative estimate of drug-likeness (QED) is 0.739. The summed E-state index contributed by atoms with van der Waals surface area (Å²) in [5, 5.41) is 0.465. The van der Waals surface area contributed by atoms with Crippen LogP contribution in [0.5, 0.6) is 11.5 Å². The Morgan fingerprint density at radius 3 is 2.65 bits per heavy atom. The highest BCUT2D eigenvalue weighted by Gasteiger charge is 2.05. The van der Waals surface area contributed by atoms with Crippen molar-refractivity contribution in [1.29, 1.82) is 0 Å². The first-order valence-corrected chi connectivity index (χ1v) is 7.01. The number of para-hydroxylation sites is 1. The van der Waals surface area contributed by atoms with Gasteiger partial charge in [-0.3, -0.25) is 4.79 Å². The number of fused-ring (bicyclic) bond motifs is 1. The third kappa shape index (κ3) is 3.08. The van der Waals surface area contributed by atoms with Crippen LogP contribution in [0.25, 0.3) is 23.1 Å². The number of aromatic nitrogens is 1. The van der Waals surface area contributed by atoms with Gasteiger partial charge in [0.1, 0.15) is 17.1 Å². The molecule has 0 aliphatic heterocycles. The number of ether oxygens (including phenoxy) is 2. The average Bonchev–Trinajstić information content (AvgIpc) is 2.60. The summed E-state index contributed by atoms with van der Waals surface area (Å²) in [4.78, 5) is 15.9. The molecule has 0 radical (unpaired) electrons. The van der Waals surface area contributed by atoms with Gasteiger partial charge in [0, 0.05) is 17.7 Å². The minimum absolute atomic E-state index is 0.242. The van der Waals surface area contributed by atoms with Gasteiger partial charge in [-0.2, -0.15) is 4.98 Å².